The Labute approximate surface area is 113 Å². The third kappa shape index (κ3) is 2.72. The molecule has 0 fully saturated rings. The van der Waals surface area contributed by atoms with Crippen molar-refractivity contribution in [2.24, 2.45) is 0 Å². The molecule has 0 saturated carbocycles. The molecule has 0 spiro atoms. The van der Waals surface area contributed by atoms with Gasteiger partial charge >= 0.3 is 0 Å². The molecule has 3 nitrogen and oxygen atoms in total. The second-order valence-electron chi connectivity index (χ2n) is 4.34. The number of aromatic nitrogens is 3. The van der Waals surface area contributed by atoms with Crippen LogP contribution in [0.1, 0.15) is 37.2 Å². The molecule has 0 aliphatic rings. The molecule has 2 aromatic rings. The van der Waals surface area contributed by atoms with Gasteiger partial charge in [0.05, 0.1) is 6.54 Å². The molecule has 0 atom stereocenters. The summed E-state index contributed by atoms with van der Waals surface area (Å²) in [6, 6.07) is 8.44. The highest BCUT2D eigenvalue weighted by Crippen LogP contribution is 2.16. The first-order chi connectivity index (χ1) is 8.76. The summed E-state index contributed by atoms with van der Waals surface area (Å²) in [6.07, 6.45) is 2.98. The van der Waals surface area contributed by atoms with Crippen molar-refractivity contribution in [2.75, 3.05) is 0 Å². The first-order valence-electron chi connectivity index (χ1n) is 6.40. The van der Waals surface area contributed by atoms with Crippen molar-refractivity contribution >= 4 is 11.6 Å². The van der Waals surface area contributed by atoms with Crippen LogP contribution in [-0.2, 0) is 19.4 Å². The zero-order chi connectivity index (χ0) is 13.0. The van der Waals surface area contributed by atoms with E-state index in [0.717, 1.165) is 31.6 Å². The van der Waals surface area contributed by atoms with Crippen LogP contribution in [0.25, 0.3) is 0 Å². The second kappa shape index (κ2) is 6.01. The highest BCUT2D eigenvalue weighted by atomic mass is 35.5. The predicted octanol–water partition coefficient (Wildman–Crippen LogP) is 3.49. The number of aryl methyl sites for hydroxylation is 2. The fourth-order valence-electron chi connectivity index (χ4n) is 2.11. The molecule has 0 bridgehead atoms. The lowest BCUT2D eigenvalue weighted by Crippen LogP contribution is -2.07. The topological polar surface area (TPSA) is 30.7 Å². The maximum absolute atomic E-state index is 6.12. The molecule has 0 aliphatic carbocycles. The van der Waals surface area contributed by atoms with E-state index in [1.807, 2.05) is 4.57 Å². The SMILES string of the molecule is CCCc1nnc(Cl)n1Cc1ccccc1CC. The number of hydrogen-bond donors (Lipinski definition) is 0. The van der Waals surface area contributed by atoms with Gasteiger partial charge in [-0.25, -0.2) is 0 Å². The monoisotopic (exact) mass is 263 g/mol. The van der Waals surface area contributed by atoms with Crippen molar-refractivity contribution in [3.8, 4) is 0 Å². The zero-order valence-electron chi connectivity index (χ0n) is 10.9. The minimum atomic E-state index is 0.476. The van der Waals surface area contributed by atoms with Crippen LogP contribution in [0.5, 0.6) is 0 Å². The number of halogens is 1. The average molecular weight is 264 g/mol. The largest absolute Gasteiger partial charge is 0.297 e. The minimum Gasteiger partial charge on any atom is -0.297 e. The fraction of sp³-hybridized carbons (Fsp3) is 0.429. The van der Waals surface area contributed by atoms with Crippen molar-refractivity contribution in [1.82, 2.24) is 14.8 Å². The van der Waals surface area contributed by atoms with Crippen LogP contribution in [0.4, 0.5) is 0 Å². The van der Waals surface area contributed by atoms with Crippen LogP contribution >= 0.6 is 11.6 Å². The molecule has 0 aliphatic heterocycles. The molecule has 0 saturated heterocycles. The molecule has 1 aromatic carbocycles. The molecule has 1 heterocycles. The van der Waals surface area contributed by atoms with Crippen molar-refractivity contribution in [1.29, 1.82) is 0 Å². The Morgan fingerprint density at radius 2 is 1.83 bits per heavy atom. The van der Waals surface area contributed by atoms with Gasteiger partial charge in [-0.05, 0) is 35.6 Å². The Morgan fingerprint density at radius 3 is 2.50 bits per heavy atom. The maximum Gasteiger partial charge on any atom is 0.225 e. The van der Waals surface area contributed by atoms with E-state index in [4.69, 9.17) is 11.6 Å². The maximum atomic E-state index is 6.12. The van der Waals surface area contributed by atoms with Gasteiger partial charge in [0, 0.05) is 6.42 Å². The molecule has 2 rings (SSSR count). The molecule has 0 unspecified atom stereocenters. The predicted molar refractivity (Wildman–Crippen MR) is 73.9 cm³/mol. The third-order valence-corrected chi connectivity index (χ3v) is 3.36. The lowest BCUT2D eigenvalue weighted by molar-refractivity contribution is 0.701. The van der Waals surface area contributed by atoms with Gasteiger partial charge < -0.3 is 0 Å². The van der Waals surface area contributed by atoms with E-state index < -0.39 is 0 Å². The average Bonchev–Trinajstić information content (AvgIpc) is 2.73. The summed E-state index contributed by atoms with van der Waals surface area (Å²) >= 11 is 6.12. The van der Waals surface area contributed by atoms with E-state index >= 15 is 0 Å². The molecule has 18 heavy (non-hydrogen) atoms. The number of nitrogens with zero attached hydrogens (tertiary/aromatic N) is 3. The van der Waals surface area contributed by atoms with Gasteiger partial charge in [0.1, 0.15) is 5.82 Å². The lowest BCUT2D eigenvalue weighted by atomic mass is 10.1. The van der Waals surface area contributed by atoms with Crippen LogP contribution in [0, 0.1) is 0 Å². The molecule has 0 radical (unpaired) electrons. The summed E-state index contributed by atoms with van der Waals surface area (Å²) in [4.78, 5) is 0. The van der Waals surface area contributed by atoms with Gasteiger partial charge in [0.15, 0.2) is 0 Å². The van der Waals surface area contributed by atoms with Crippen LogP contribution in [0.3, 0.4) is 0 Å². The highest BCUT2D eigenvalue weighted by Gasteiger charge is 2.11. The molecular weight excluding hydrogens is 246 g/mol. The quantitative estimate of drug-likeness (QED) is 0.827. The normalized spacial score (nSPS) is 10.8. The van der Waals surface area contributed by atoms with E-state index in [1.54, 1.807) is 0 Å². The van der Waals surface area contributed by atoms with Gasteiger partial charge in [-0.3, -0.25) is 4.57 Å². The fourth-order valence-corrected chi connectivity index (χ4v) is 2.30. The summed E-state index contributed by atoms with van der Waals surface area (Å²) in [6.45, 7) is 5.05. The second-order valence-corrected chi connectivity index (χ2v) is 4.68. The van der Waals surface area contributed by atoms with E-state index in [-0.39, 0.29) is 0 Å². The molecule has 0 N–H and O–H groups in total. The van der Waals surface area contributed by atoms with Crippen LogP contribution in [0.15, 0.2) is 24.3 Å². The summed E-state index contributed by atoms with van der Waals surface area (Å²) in [7, 11) is 0. The Morgan fingerprint density at radius 1 is 1.11 bits per heavy atom. The number of benzene rings is 1. The van der Waals surface area contributed by atoms with Gasteiger partial charge in [0.25, 0.3) is 0 Å². The van der Waals surface area contributed by atoms with Crippen molar-refractivity contribution in [3.05, 3.63) is 46.5 Å². The molecule has 4 heteroatoms. The first-order valence-corrected chi connectivity index (χ1v) is 6.78. The Bertz CT molecular complexity index is 520. The van der Waals surface area contributed by atoms with Gasteiger partial charge in [-0.2, -0.15) is 0 Å². The molecule has 96 valence electrons. The van der Waals surface area contributed by atoms with E-state index in [2.05, 4.69) is 48.3 Å². The highest BCUT2D eigenvalue weighted by molar-refractivity contribution is 6.28. The smallest absolute Gasteiger partial charge is 0.225 e. The lowest BCUT2D eigenvalue weighted by Gasteiger charge is -2.11. The third-order valence-electron chi connectivity index (χ3n) is 3.08. The van der Waals surface area contributed by atoms with Crippen molar-refractivity contribution < 1.29 is 0 Å². The summed E-state index contributed by atoms with van der Waals surface area (Å²) in [5.41, 5.74) is 2.64. The van der Waals surface area contributed by atoms with Gasteiger partial charge in [-0.15, -0.1) is 10.2 Å². The zero-order valence-corrected chi connectivity index (χ0v) is 11.6. The van der Waals surface area contributed by atoms with Crippen LogP contribution < -0.4 is 0 Å². The standard InChI is InChI=1S/C14H18ClN3/c1-3-7-13-16-17-14(15)18(13)10-12-9-6-5-8-11(12)4-2/h5-6,8-9H,3-4,7,10H2,1-2H3. The van der Waals surface area contributed by atoms with E-state index in [0.29, 0.717) is 5.28 Å². The van der Waals surface area contributed by atoms with Crippen molar-refractivity contribution in [2.45, 2.75) is 39.7 Å². The van der Waals surface area contributed by atoms with Crippen molar-refractivity contribution in [3.63, 3.8) is 0 Å². The van der Waals surface area contributed by atoms with Gasteiger partial charge in [0.2, 0.25) is 5.28 Å². The Kier molecular flexibility index (Phi) is 4.37. The molecular formula is C14H18ClN3. The molecule has 1 aromatic heterocycles. The van der Waals surface area contributed by atoms with Crippen LogP contribution in [-0.4, -0.2) is 14.8 Å². The summed E-state index contributed by atoms with van der Waals surface area (Å²) in [5.74, 6) is 0.966. The summed E-state index contributed by atoms with van der Waals surface area (Å²) in [5, 5.41) is 8.58. The summed E-state index contributed by atoms with van der Waals surface area (Å²) < 4.78 is 2.00. The number of rotatable bonds is 5. The Balaban J connectivity index is 2.30. The molecule has 0 amide bonds. The number of hydrogen-bond acceptors (Lipinski definition) is 2. The Hall–Kier alpha value is -1.35. The van der Waals surface area contributed by atoms with E-state index in [9.17, 15) is 0 Å². The first kappa shape index (κ1) is 13.1. The van der Waals surface area contributed by atoms with Crippen LogP contribution in [0.2, 0.25) is 5.28 Å². The van der Waals surface area contributed by atoms with Gasteiger partial charge in [-0.1, -0.05) is 38.1 Å². The van der Waals surface area contributed by atoms with E-state index in [1.165, 1.54) is 11.1 Å². The minimum absolute atomic E-state index is 0.476.